The van der Waals surface area contributed by atoms with Crippen LogP contribution in [0.1, 0.15) is 32.3 Å². The molecular formula is C17H23BrN2O3. The van der Waals surface area contributed by atoms with E-state index in [-0.39, 0.29) is 17.7 Å². The summed E-state index contributed by atoms with van der Waals surface area (Å²) in [6, 6.07) is 5.33. The second-order valence-corrected chi connectivity index (χ2v) is 6.55. The van der Waals surface area contributed by atoms with Gasteiger partial charge in [-0.25, -0.2) is 0 Å². The summed E-state index contributed by atoms with van der Waals surface area (Å²) in [7, 11) is 0. The number of ether oxygens (including phenoxy) is 1. The van der Waals surface area contributed by atoms with Crippen molar-refractivity contribution in [3.05, 3.63) is 28.2 Å². The number of rotatable bonds is 6. The fourth-order valence-electron chi connectivity index (χ4n) is 2.57. The average Bonchev–Trinajstić information content (AvgIpc) is 2.57. The number of hydrogen-bond donors (Lipinski definition) is 2. The van der Waals surface area contributed by atoms with Crippen molar-refractivity contribution < 1.29 is 14.3 Å². The van der Waals surface area contributed by atoms with Crippen molar-refractivity contribution >= 4 is 27.7 Å². The quantitative estimate of drug-likeness (QED) is 0.793. The topological polar surface area (TPSA) is 67.4 Å². The monoisotopic (exact) mass is 382 g/mol. The van der Waals surface area contributed by atoms with Crippen LogP contribution < -0.4 is 15.4 Å². The molecule has 1 aromatic carbocycles. The number of carbonyl (C=O) groups is 2. The largest absolute Gasteiger partial charge is 0.491 e. The summed E-state index contributed by atoms with van der Waals surface area (Å²) in [4.78, 5) is 24.5. The van der Waals surface area contributed by atoms with Crippen molar-refractivity contribution in [3.8, 4) is 5.75 Å². The first-order valence-corrected chi connectivity index (χ1v) is 8.84. The number of benzene rings is 1. The van der Waals surface area contributed by atoms with Crippen molar-refractivity contribution in [2.24, 2.45) is 5.92 Å². The average molecular weight is 383 g/mol. The van der Waals surface area contributed by atoms with Gasteiger partial charge in [-0.3, -0.25) is 9.59 Å². The van der Waals surface area contributed by atoms with Crippen molar-refractivity contribution in [2.75, 3.05) is 13.2 Å². The lowest BCUT2D eigenvalue weighted by molar-refractivity contribution is -0.132. The molecule has 1 aromatic rings. The van der Waals surface area contributed by atoms with E-state index in [1.54, 1.807) is 0 Å². The SMILES string of the molecule is CCCNC(=O)[C@@H](CC)NC(=O)C1COc2c(Br)cccc2C1. The van der Waals surface area contributed by atoms with Crippen molar-refractivity contribution in [2.45, 2.75) is 39.2 Å². The Morgan fingerprint density at radius 3 is 2.87 bits per heavy atom. The van der Waals surface area contributed by atoms with E-state index in [4.69, 9.17) is 4.74 Å². The fourth-order valence-corrected chi connectivity index (χ4v) is 3.09. The fraction of sp³-hybridized carbons (Fsp3) is 0.529. The highest BCUT2D eigenvalue weighted by atomic mass is 79.9. The minimum absolute atomic E-state index is 0.123. The molecule has 0 radical (unpaired) electrons. The van der Waals surface area contributed by atoms with Gasteiger partial charge in [0.15, 0.2) is 0 Å². The Bertz CT molecular complexity index is 577. The smallest absolute Gasteiger partial charge is 0.242 e. The maximum absolute atomic E-state index is 12.5. The van der Waals surface area contributed by atoms with E-state index in [0.717, 1.165) is 22.2 Å². The number of para-hydroxylation sites is 1. The third-order valence-electron chi connectivity index (χ3n) is 3.90. The van der Waals surface area contributed by atoms with E-state index >= 15 is 0 Å². The molecule has 1 unspecified atom stereocenters. The maximum atomic E-state index is 12.5. The Morgan fingerprint density at radius 1 is 1.39 bits per heavy atom. The predicted molar refractivity (Wildman–Crippen MR) is 92.4 cm³/mol. The summed E-state index contributed by atoms with van der Waals surface area (Å²) in [6.45, 7) is 4.84. The van der Waals surface area contributed by atoms with Gasteiger partial charge in [-0.1, -0.05) is 26.0 Å². The predicted octanol–water partition coefficient (Wildman–Crippen LogP) is 2.42. The molecule has 23 heavy (non-hydrogen) atoms. The highest BCUT2D eigenvalue weighted by Gasteiger charge is 2.29. The molecule has 0 aromatic heterocycles. The third kappa shape index (κ3) is 4.47. The van der Waals surface area contributed by atoms with Crippen LogP contribution in [-0.4, -0.2) is 31.0 Å². The van der Waals surface area contributed by atoms with Crippen LogP contribution in [0.4, 0.5) is 0 Å². The lowest BCUT2D eigenvalue weighted by Gasteiger charge is -2.27. The Morgan fingerprint density at radius 2 is 2.17 bits per heavy atom. The van der Waals surface area contributed by atoms with Gasteiger partial charge in [-0.15, -0.1) is 0 Å². The summed E-state index contributed by atoms with van der Waals surface area (Å²) in [6.07, 6.45) is 2.06. The van der Waals surface area contributed by atoms with Crippen LogP contribution in [0.5, 0.6) is 5.75 Å². The number of fused-ring (bicyclic) bond motifs is 1. The first-order chi connectivity index (χ1) is 11.1. The summed E-state index contributed by atoms with van der Waals surface area (Å²) >= 11 is 3.46. The van der Waals surface area contributed by atoms with Crippen LogP contribution in [0.25, 0.3) is 0 Å². The molecule has 1 aliphatic rings. The first kappa shape index (κ1) is 17.8. The van der Waals surface area contributed by atoms with Crippen LogP contribution in [0.15, 0.2) is 22.7 Å². The molecular weight excluding hydrogens is 360 g/mol. The molecule has 126 valence electrons. The zero-order valence-corrected chi connectivity index (χ0v) is 15.1. The summed E-state index contributed by atoms with van der Waals surface area (Å²) in [5, 5.41) is 5.67. The second-order valence-electron chi connectivity index (χ2n) is 5.70. The van der Waals surface area contributed by atoms with Gasteiger partial charge >= 0.3 is 0 Å². The normalized spacial score (nSPS) is 17.6. The van der Waals surface area contributed by atoms with E-state index in [9.17, 15) is 9.59 Å². The van der Waals surface area contributed by atoms with E-state index in [0.29, 0.717) is 26.0 Å². The van der Waals surface area contributed by atoms with Gasteiger partial charge in [-0.05, 0) is 46.8 Å². The molecule has 0 saturated heterocycles. The molecule has 0 saturated carbocycles. The molecule has 6 heteroatoms. The molecule has 2 amide bonds. The number of nitrogens with one attached hydrogen (secondary N) is 2. The van der Waals surface area contributed by atoms with Gasteiger partial charge in [0.25, 0.3) is 0 Å². The van der Waals surface area contributed by atoms with Gasteiger partial charge in [0.1, 0.15) is 18.4 Å². The van der Waals surface area contributed by atoms with E-state index in [1.165, 1.54) is 0 Å². The van der Waals surface area contributed by atoms with Gasteiger partial charge < -0.3 is 15.4 Å². The Kier molecular flexibility index (Phi) is 6.45. The van der Waals surface area contributed by atoms with Gasteiger partial charge in [0.05, 0.1) is 10.4 Å². The molecule has 1 aliphatic heterocycles. The maximum Gasteiger partial charge on any atom is 0.242 e. The van der Waals surface area contributed by atoms with Crippen LogP contribution in [0.2, 0.25) is 0 Å². The van der Waals surface area contributed by atoms with Gasteiger partial charge in [0.2, 0.25) is 11.8 Å². The molecule has 2 rings (SSSR count). The van der Waals surface area contributed by atoms with E-state index in [2.05, 4.69) is 26.6 Å². The molecule has 0 fully saturated rings. The molecule has 2 N–H and O–H groups in total. The summed E-state index contributed by atoms with van der Waals surface area (Å²) in [5.74, 6) is 0.283. The van der Waals surface area contributed by atoms with Crippen molar-refractivity contribution in [1.29, 1.82) is 0 Å². The Balaban J connectivity index is 1.97. The first-order valence-electron chi connectivity index (χ1n) is 8.05. The Hall–Kier alpha value is -1.56. The zero-order chi connectivity index (χ0) is 16.8. The molecule has 0 bridgehead atoms. The van der Waals surface area contributed by atoms with Crippen LogP contribution in [0, 0.1) is 5.92 Å². The lowest BCUT2D eigenvalue weighted by atomic mass is 9.95. The highest BCUT2D eigenvalue weighted by Crippen LogP contribution is 2.34. The molecule has 5 nitrogen and oxygen atoms in total. The summed E-state index contributed by atoms with van der Waals surface area (Å²) in [5.41, 5.74) is 1.01. The minimum Gasteiger partial charge on any atom is -0.491 e. The number of carbonyl (C=O) groups excluding carboxylic acids is 2. The third-order valence-corrected chi connectivity index (χ3v) is 4.53. The second kappa shape index (κ2) is 8.34. The number of halogens is 1. The van der Waals surface area contributed by atoms with E-state index < -0.39 is 6.04 Å². The standard InChI is InChI=1S/C17H23BrN2O3/c1-3-8-19-17(22)14(4-2)20-16(21)12-9-11-6-5-7-13(18)15(11)23-10-12/h5-7,12,14H,3-4,8-10H2,1-2H3,(H,19,22)(H,20,21)/t12?,14-/m1/s1. The van der Waals surface area contributed by atoms with Gasteiger partial charge in [-0.2, -0.15) is 0 Å². The van der Waals surface area contributed by atoms with E-state index in [1.807, 2.05) is 32.0 Å². The zero-order valence-electron chi connectivity index (χ0n) is 13.5. The molecule has 2 atom stereocenters. The summed E-state index contributed by atoms with van der Waals surface area (Å²) < 4.78 is 6.62. The number of hydrogen-bond acceptors (Lipinski definition) is 3. The molecule has 0 aliphatic carbocycles. The molecule has 1 heterocycles. The van der Waals surface area contributed by atoms with Crippen LogP contribution in [0.3, 0.4) is 0 Å². The van der Waals surface area contributed by atoms with Crippen molar-refractivity contribution in [3.63, 3.8) is 0 Å². The Labute approximate surface area is 145 Å². The highest BCUT2D eigenvalue weighted by molar-refractivity contribution is 9.10. The van der Waals surface area contributed by atoms with Crippen molar-refractivity contribution in [1.82, 2.24) is 10.6 Å². The van der Waals surface area contributed by atoms with Gasteiger partial charge in [0, 0.05) is 6.54 Å². The van der Waals surface area contributed by atoms with Crippen LogP contribution in [-0.2, 0) is 16.0 Å². The minimum atomic E-state index is -0.488. The lowest BCUT2D eigenvalue weighted by Crippen LogP contribution is -2.49. The molecule has 0 spiro atoms. The van der Waals surface area contributed by atoms with Crippen LogP contribution >= 0.6 is 15.9 Å². The number of amides is 2.